The van der Waals surface area contributed by atoms with Crippen molar-refractivity contribution in [1.82, 2.24) is 5.32 Å². The average Bonchev–Trinajstić information content (AvgIpc) is 2.38. The summed E-state index contributed by atoms with van der Waals surface area (Å²) in [5.74, 6) is 0.395. The summed E-state index contributed by atoms with van der Waals surface area (Å²) in [6.45, 7) is 3.78. The van der Waals surface area contributed by atoms with Gasteiger partial charge in [0, 0.05) is 5.69 Å². The molecule has 0 unspecified atom stereocenters. The third kappa shape index (κ3) is 3.06. The Bertz CT molecular complexity index is 600. The van der Waals surface area contributed by atoms with Crippen molar-refractivity contribution in [3.8, 4) is 11.8 Å². The van der Waals surface area contributed by atoms with Gasteiger partial charge in [-0.3, -0.25) is 4.79 Å². The summed E-state index contributed by atoms with van der Waals surface area (Å²) >= 11 is 1.41. The Hall–Kier alpha value is -2.13. The van der Waals surface area contributed by atoms with E-state index >= 15 is 0 Å². The van der Waals surface area contributed by atoms with Crippen LogP contribution < -0.4 is 15.4 Å². The molecule has 1 aliphatic heterocycles. The number of methoxy groups -OCH3 is 1. The van der Waals surface area contributed by atoms with E-state index < -0.39 is 4.87 Å². The van der Waals surface area contributed by atoms with E-state index in [0.717, 1.165) is 11.4 Å². The minimum atomic E-state index is -0.452. The average molecular weight is 289 g/mol. The lowest BCUT2D eigenvalue weighted by atomic mass is 10.2. The molecule has 0 aromatic heterocycles. The van der Waals surface area contributed by atoms with Crippen LogP contribution in [-0.2, 0) is 4.79 Å². The van der Waals surface area contributed by atoms with Gasteiger partial charge in [-0.05, 0) is 38.1 Å². The minimum Gasteiger partial charge on any atom is -0.497 e. The summed E-state index contributed by atoms with van der Waals surface area (Å²) in [6, 6.07) is 9.24. The number of nitrogens with one attached hydrogen (secondary N) is 2. The van der Waals surface area contributed by atoms with Crippen molar-refractivity contribution in [2.75, 3.05) is 12.4 Å². The number of thioether (sulfide) groups is 1. The molecule has 0 saturated heterocycles. The Kier molecular flexibility index (Phi) is 3.91. The van der Waals surface area contributed by atoms with Crippen LogP contribution in [0.4, 0.5) is 5.69 Å². The highest BCUT2D eigenvalue weighted by atomic mass is 32.2. The Morgan fingerprint density at radius 3 is 2.55 bits per heavy atom. The van der Waals surface area contributed by atoms with E-state index in [1.165, 1.54) is 11.8 Å². The Balaban J connectivity index is 2.29. The zero-order chi connectivity index (χ0) is 14.8. The van der Waals surface area contributed by atoms with Crippen molar-refractivity contribution in [2.24, 2.45) is 0 Å². The van der Waals surface area contributed by atoms with E-state index in [-0.39, 0.29) is 11.5 Å². The van der Waals surface area contributed by atoms with E-state index in [0.29, 0.717) is 5.03 Å². The Morgan fingerprint density at radius 2 is 2.00 bits per heavy atom. The molecule has 0 saturated carbocycles. The lowest BCUT2D eigenvalue weighted by molar-refractivity contribution is -0.118. The standard InChI is InChI=1S/C14H15N3O2S/c1-14(2)17-12(18)11(8-15)13(20-14)16-9-4-6-10(19-3)7-5-9/h4-7,16H,1-3H3,(H,17,18). The molecule has 1 aromatic rings. The number of nitrogens with zero attached hydrogens (tertiary/aromatic N) is 1. The van der Waals surface area contributed by atoms with Gasteiger partial charge >= 0.3 is 0 Å². The van der Waals surface area contributed by atoms with Crippen molar-refractivity contribution in [2.45, 2.75) is 18.7 Å². The van der Waals surface area contributed by atoms with Crippen molar-refractivity contribution >= 4 is 23.4 Å². The molecule has 2 N–H and O–H groups in total. The van der Waals surface area contributed by atoms with Crippen LogP contribution in [0.1, 0.15) is 13.8 Å². The van der Waals surface area contributed by atoms with Crippen LogP contribution in [0, 0.1) is 11.3 Å². The molecule has 6 heteroatoms. The van der Waals surface area contributed by atoms with Crippen LogP contribution in [0.2, 0.25) is 0 Å². The zero-order valence-corrected chi connectivity index (χ0v) is 12.3. The smallest absolute Gasteiger partial charge is 0.265 e. The predicted octanol–water partition coefficient (Wildman–Crippen LogP) is 2.44. The largest absolute Gasteiger partial charge is 0.497 e. The summed E-state index contributed by atoms with van der Waals surface area (Å²) in [4.78, 5) is 11.4. The van der Waals surface area contributed by atoms with E-state index in [2.05, 4.69) is 10.6 Å². The number of rotatable bonds is 3. The zero-order valence-electron chi connectivity index (χ0n) is 11.5. The maximum absolute atomic E-state index is 11.9. The second kappa shape index (κ2) is 5.47. The molecule has 1 amide bonds. The Labute approximate surface area is 122 Å². The highest BCUT2D eigenvalue weighted by molar-refractivity contribution is 8.04. The maximum Gasteiger partial charge on any atom is 0.265 e. The first kappa shape index (κ1) is 14.3. The molecular formula is C14H15N3O2S. The van der Waals surface area contributed by atoms with Gasteiger partial charge in [-0.1, -0.05) is 11.8 Å². The molecule has 0 fully saturated rings. The van der Waals surface area contributed by atoms with Gasteiger partial charge in [0.2, 0.25) is 0 Å². The van der Waals surface area contributed by atoms with Crippen LogP contribution in [0.3, 0.4) is 0 Å². The number of amides is 1. The van der Waals surface area contributed by atoms with E-state index in [9.17, 15) is 4.79 Å². The number of hydrogen-bond donors (Lipinski definition) is 2. The second-order valence-corrected chi connectivity index (χ2v) is 6.37. The third-order valence-electron chi connectivity index (χ3n) is 2.69. The lowest BCUT2D eigenvalue weighted by Crippen LogP contribution is -2.45. The number of ether oxygens (including phenoxy) is 1. The number of hydrogen-bond acceptors (Lipinski definition) is 5. The van der Waals surface area contributed by atoms with Gasteiger partial charge in [-0.25, -0.2) is 0 Å². The number of anilines is 1. The fourth-order valence-electron chi connectivity index (χ4n) is 1.77. The molecular weight excluding hydrogens is 274 g/mol. The summed E-state index contributed by atoms with van der Waals surface area (Å²) in [5.41, 5.74) is 0.900. The van der Waals surface area contributed by atoms with Crippen molar-refractivity contribution < 1.29 is 9.53 Å². The van der Waals surface area contributed by atoms with E-state index in [1.54, 1.807) is 7.11 Å². The number of carbonyl (C=O) groups excluding carboxylic acids is 1. The molecule has 1 aliphatic rings. The highest BCUT2D eigenvalue weighted by Gasteiger charge is 2.33. The normalized spacial score (nSPS) is 17.2. The van der Waals surface area contributed by atoms with Gasteiger partial charge in [0.05, 0.1) is 17.0 Å². The first-order chi connectivity index (χ1) is 9.45. The van der Waals surface area contributed by atoms with Crippen LogP contribution >= 0.6 is 11.8 Å². The van der Waals surface area contributed by atoms with Gasteiger partial charge in [0.1, 0.15) is 17.4 Å². The maximum atomic E-state index is 11.9. The fourth-order valence-corrected chi connectivity index (χ4v) is 2.83. The number of nitriles is 1. The van der Waals surface area contributed by atoms with Gasteiger partial charge in [-0.15, -0.1) is 0 Å². The molecule has 0 aliphatic carbocycles. The number of benzene rings is 1. The summed E-state index contributed by atoms with van der Waals surface area (Å²) in [6.07, 6.45) is 0. The molecule has 1 heterocycles. The summed E-state index contributed by atoms with van der Waals surface area (Å²) < 4.78 is 5.09. The van der Waals surface area contributed by atoms with E-state index in [4.69, 9.17) is 10.00 Å². The van der Waals surface area contributed by atoms with Crippen LogP contribution in [-0.4, -0.2) is 17.9 Å². The lowest BCUT2D eigenvalue weighted by Gasteiger charge is -2.31. The predicted molar refractivity (Wildman–Crippen MR) is 79.1 cm³/mol. The summed E-state index contributed by atoms with van der Waals surface area (Å²) in [7, 11) is 1.60. The first-order valence-electron chi connectivity index (χ1n) is 6.02. The van der Waals surface area contributed by atoms with Crippen LogP contribution in [0.25, 0.3) is 0 Å². The molecule has 104 valence electrons. The van der Waals surface area contributed by atoms with Gasteiger partial charge in [0.15, 0.2) is 0 Å². The number of carbonyl (C=O) groups is 1. The highest BCUT2D eigenvalue weighted by Crippen LogP contribution is 2.36. The molecule has 20 heavy (non-hydrogen) atoms. The molecule has 0 atom stereocenters. The second-order valence-electron chi connectivity index (χ2n) is 4.74. The topological polar surface area (TPSA) is 74.1 Å². The fraction of sp³-hybridized carbons (Fsp3) is 0.286. The quantitative estimate of drug-likeness (QED) is 0.894. The molecule has 5 nitrogen and oxygen atoms in total. The minimum absolute atomic E-state index is 0.102. The molecule has 0 radical (unpaired) electrons. The summed E-state index contributed by atoms with van der Waals surface area (Å²) in [5, 5.41) is 15.6. The van der Waals surface area contributed by atoms with Crippen molar-refractivity contribution in [3.05, 3.63) is 34.9 Å². The first-order valence-corrected chi connectivity index (χ1v) is 6.84. The molecule has 0 bridgehead atoms. The Morgan fingerprint density at radius 1 is 1.35 bits per heavy atom. The van der Waals surface area contributed by atoms with Crippen molar-refractivity contribution in [1.29, 1.82) is 5.26 Å². The van der Waals surface area contributed by atoms with Gasteiger partial charge < -0.3 is 15.4 Å². The SMILES string of the molecule is COc1ccc(NC2=C(C#N)C(=O)NC(C)(C)S2)cc1. The van der Waals surface area contributed by atoms with Gasteiger partial charge in [0.25, 0.3) is 5.91 Å². The van der Waals surface area contributed by atoms with E-state index in [1.807, 2.05) is 44.2 Å². The molecule has 2 rings (SSSR count). The van der Waals surface area contributed by atoms with Crippen LogP contribution in [0.5, 0.6) is 5.75 Å². The molecule has 0 spiro atoms. The van der Waals surface area contributed by atoms with Crippen molar-refractivity contribution in [3.63, 3.8) is 0 Å². The molecule has 1 aromatic carbocycles. The monoisotopic (exact) mass is 289 g/mol. The van der Waals surface area contributed by atoms with Gasteiger partial charge in [-0.2, -0.15) is 5.26 Å². The third-order valence-corrected chi connectivity index (χ3v) is 3.81. The van der Waals surface area contributed by atoms with Crippen LogP contribution in [0.15, 0.2) is 34.9 Å².